The third-order valence-electron chi connectivity index (χ3n) is 4.72. The number of rotatable bonds is 4. The van der Waals surface area contributed by atoms with Crippen LogP contribution >= 0.6 is 0 Å². The van der Waals surface area contributed by atoms with Gasteiger partial charge in [-0.3, -0.25) is 0 Å². The van der Waals surface area contributed by atoms with E-state index in [4.69, 9.17) is 9.47 Å². The first-order valence-corrected chi connectivity index (χ1v) is 8.77. The van der Waals surface area contributed by atoms with E-state index in [2.05, 4.69) is 46.3 Å². The van der Waals surface area contributed by atoms with Crippen LogP contribution < -0.4 is 14.4 Å². The first kappa shape index (κ1) is 15.7. The van der Waals surface area contributed by atoms with E-state index in [0.717, 1.165) is 40.6 Å². The Labute approximate surface area is 156 Å². The molecule has 6 nitrogen and oxygen atoms in total. The molecule has 27 heavy (non-hydrogen) atoms. The molecular weight excluding hydrogens is 340 g/mol. The maximum Gasteiger partial charge on any atom is 0.231 e. The highest BCUT2D eigenvalue weighted by Gasteiger charge is 2.17. The monoisotopic (exact) mass is 358 g/mol. The SMILES string of the molecule is CN(Cc1ccccc1)c1ccnc2c(-c3ccc4c(c3)OCO4)cnn12. The smallest absolute Gasteiger partial charge is 0.231 e. The number of hydrogen-bond acceptors (Lipinski definition) is 5. The van der Waals surface area contributed by atoms with Gasteiger partial charge in [0, 0.05) is 25.4 Å². The summed E-state index contributed by atoms with van der Waals surface area (Å²) in [5, 5.41) is 4.59. The van der Waals surface area contributed by atoms with E-state index < -0.39 is 0 Å². The summed E-state index contributed by atoms with van der Waals surface area (Å²) in [5.41, 5.74) is 4.02. The molecule has 0 aliphatic carbocycles. The number of anilines is 1. The van der Waals surface area contributed by atoms with Crippen LogP contribution in [0.15, 0.2) is 67.0 Å². The maximum absolute atomic E-state index is 5.50. The standard InChI is InChI=1S/C21H18N4O2/c1-24(13-15-5-3-2-4-6-15)20-9-10-22-21-17(12-23-25(20)21)16-7-8-18-19(11-16)27-14-26-18/h2-12H,13-14H2,1H3. The van der Waals surface area contributed by atoms with Gasteiger partial charge in [0.1, 0.15) is 5.82 Å². The molecule has 5 rings (SSSR count). The zero-order valence-corrected chi connectivity index (χ0v) is 14.9. The van der Waals surface area contributed by atoms with Gasteiger partial charge in [-0.2, -0.15) is 9.61 Å². The number of nitrogens with zero attached hydrogens (tertiary/aromatic N) is 4. The molecule has 3 heterocycles. The fraction of sp³-hybridized carbons (Fsp3) is 0.143. The van der Waals surface area contributed by atoms with Crippen LogP contribution in [0.3, 0.4) is 0 Å². The third kappa shape index (κ3) is 2.75. The average Bonchev–Trinajstić information content (AvgIpc) is 3.34. The van der Waals surface area contributed by atoms with Gasteiger partial charge in [0.05, 0.1) is 6.20 Å². The predicted molar refractivity (Wildman–Crippen MR) is 103 cm³/mol. The molecule has 1 aliphatic heterocycles. The summed E-state index contributed by atoms with van der Waals surface area (Å²) in [7, 11) is 2.06. The van der Waals surface area contributed by atoms with Gasteiger partial charge in [-0.05, 0) is 29.3 Å². The van der Waals surface area contributed by atoms with Gasteiger partial charge in [-0.15, -0.1) is 0 Å². The van der Waals surface area contributed by atoms with Crippen molar-refractivity contribution in [3.05, 3.63) is 72.6 Å². The van der Waals surface area contributed by atoms with E-state index in [9.17, 15) is 0 Å². The van der Waals surface area contributed by atoms with Crippen molar-refractivity contribution in [2.45, 2.75) is 6.54 Å². The molecule has 6 heteroatoms. The molecule has 0 bridgehead atoms. The number of hydrogen-bond donors (Lipinski definition) is 0. The van der Waals surface area contributed by atoms with Crippen LogP contribution in [-0.2, 0) is 6.54 Å². The first-order valence-electron chi connectivity index (χ1n) is 8.77. The lowest BCUT2D eigenvalue weighted by molar-refractivity contribution is 0.174. The average molecular weight is 358 g/mol. The van der Waals surface area contributed by atoms with Crippen molar-refractivity contribution < 1.29 is 9.47 Å². The highest BCUT2D eigenvalue weighted by atomic mass is 16.7. The molecule has 2 aromatic carbocycles. The Morgan fingerprint density at radius 3 is 2.78 bits per heavy atom. The van der Waals surface area contributed by atoms with E-state index >= 15 is 0 Å². The minimum atomic E-state index is 0.264. The lowest BCUT2D eigenvalue weighted by Crippen LogP contribution is -2.19. The third-order valence-corrected chi connectivity index (χ3v) is 4.72. The summed E-state index contributed by atoms with van der Waals surface area (Å²) in [4.78, 5) is 6.73. The molecule has 4 aromatic rings. The summed E-state index contributed by atoms with van der Waals surface area (Å²) >= 11 is 0. The van der Waals surface area contributed by atoms with Gasteiger partial charge in [-0.1, -0.05) is 36.4 Å². The van der Waals surface area contributed by atoms with E-state index in [1.165, 1.54) is 5.56 Å². The fourth-order valence-corrected chi connectivity index (χ4v) is 3.37. The van der Waals surface area contributed by atoms with Crippen LogP contribution in [-0.4, -0.2) is 28.4 Å². The highest BCUT2D eigenvalue weighted by molar-refractivity contribution is 5.79. The van der Waals surface area contributed by atoms with Crippen molar-refractivity contribution in [2.75, 3.05) is 18.7 Å². The van der Waals surface area contributed by atoms with Crippen molar-refractivity contribution in [3.63, 3.8) is 0 Å². The Balaban J connectivity index is 1.53. The summed E-state index contributed by atoms with van der Waals surface area (Å²) in [5.74, 6) is 2.51. The molecule has 0 spiro atoms. The molecular formula is C21H18N4O2. The lowest BCUT2D eigenvalue weighted by Gasteiger charge is -2.20. The van der Waals surface area contributed by atoms with Gasteiger partial charge in [-0.25, -0.2) is 4.98 Å². The first-order chi connectivity index (χ1) is 13.3. The minimum absolute atomic E-state index is 0.264. The summed E-state index contributed by atoms with van der Waals surface area (Å²) in [6.45, 7) is 1.05. The molecule has 0 radical (unpaired) electrons. The maximum atomic E-state index is 5.50. The molecule has 134 valence electrons. The largest absolute Gasteiger partial charge is 0.454 e. The molecule has 0 fully saturated rings. The molecule has 0 unspecified atom stereocenters. The summed E-state index contributed by atoms with van der Waals surface area (Å²) < 4.78 is 12.8. The summed E-state index contributed by atoms with van der Waals surface area (Å²) in [6.07, 6.45) is 3.67. The van der Waals surface area contributed by atoms with Crippen LogP contribution in [0.1, 0.15) is 5.56 Å². The van der Waals surface area contributed by atoms with Crippen LogP contribution in [0, 0.1) is 0 Å². The molecule has 2 aromatic heterocycles. The molecule has 0 atom stereocenters. The Morgan fingerprint density at radius 2 is 1.89 bits per heavy atom. The van der Waals surface area contributed by atoms with Gasteiger partial charge >= 0.3 is 0 Å². The van der Waals surface area contributed by atoms with E-state index in [0.29, 0.717) is 0 Å². The number of aromatic nitrogens is 3. The van der Waals surface area contributed by atoms with Crippen LogP contribution in [0.2, 0.25) is 0 Å². The van der Waals surface area contributed by atoms with Crippen molar-refractivity contribution in [2.24, 2.45) is 0 Å². The Kier molecular flexibility index (Phi) is 3.67. The van der Waals surface area contributed by atoms with Crippen molar-refractivity contribution in [3.8, 4) is 22.6 Å². The normalized spacial score (nSPS) is 12.5. The van der Waals surface area contributed by atoms with Gasteiger partial charge in [0.2, 0.25) is 6.79 Å². The van der Waals surface area contributed by atoms with Gasteiger partial charge < -0.3 is 14.4 Å². The Morgan fingerprint density at radius 1 is 1.04 bits per heavy atom. The van der Waals surface area contributed by atoms with E-state index in [1.807, 2.05) is 47.2 Å². The molecule has 1 aliphatic rings. The topological polar surface area (TPSA) is 51.9 Å². The molecule has 0 saturated heterocycles. The number of ether oxygens (including phenoxy) is 2. The zero-order chi connectivity index (χ0) is 18.2. The van der Waals surface area contributed by atoms with Crippen LogP contribution in [0.25, 0.3) is 16.8 Å². The van der Waals surface area contributed by atoms with Crippen molar-refractivity contribution in [1.82, 2.24) is 14.6 Å². The second-order valence-corrected chi connectivity index (χ2v) is 6.51. The number of benzene rings is 2. The van der Waals surface area contributed by atoms with Crippen LogP contribution in [0.4, 0.5) is 5.82 Å². The Bertz CT molecular complexity index is 1110. The fourth-order valence-electron chi connectivity index (χ4n) is 3.37. The zero-order valence-electron chi connectivity index (χ0n) is 14.9. The quantitative estimate of drug-likeness (QED) is 0.556. The molecule has 0 N–H and O–H groups in total. The highest BCUT2D eigenvalue weighted by Crippen LogP contribution is 2.37. The second-order valence-electron chi connectivity index (χ2n) is 6.51. The van der Waals surface area contributed by atoms with E-state index in [1.54, 1.807) is 0 Å². The lowest BCUT2D eigenvalue weighted by atomic mass is 10.1. The van der Waals surface area contributed by atoms with Crippen LogP contribution in [0.5, 0.6) is 11.5 Å². The Hall–Kier alpha value is -3.54. The van der Waals surface area contributed by atoms with Gasteiger partial charge in [0.15, 0.2) is 17.1 Å². The second kappa shape index (κ2) is 6.32. The van der Waals surface area contributed by atoms with Gasteiger partial charge in [0.25, 0.3) is 0 Å². The number of fused-ring (bicyclic) bond motifs is 2. The summed E-state index contributed by atoms with van der Waals surface area (Å²) in [6, 6.07) is 18.3. The molecule has 0 saturated carbocycles. The predicted octanol–water partition coefficient (Wildman–Crippen LogP) is 3.76. The molecule has 0 amide bonds. The van der Waals surface area contributed by atoms with Crippen molar-refractivity contribution >= 4 is 11.5 Å². The van der Waals surface area contributed by atoms with E-state index in [-0.39, 0.29) is 6.79 Å². The minimum Gasteiger partial charge on any atom is -0.454 e. The van der Waals surface area contributed by atoms with Crippen molar-refractivity contribution in [1.29, 1.82) is 0 Å².